The standard InChI is InChI=1S/C17H17FO2/c1-17(2,3)16(19)12-4-8-14(9-5-12)20-15-10-6-13(18)7-11-15/h4-11H,1-3H3. The minimum atomic E-state index is -0.403. The largest absolute Gasteiger partial charge is 0.457 e. The van der Waals surface area contributed by atoms with E-state index in [9.17, 15) is 9.18 Å². The van der Waals surface area contributed by atoms with E-state index in [4.69, 9.17) is 4.74 Å². The zero-order chi connectivity index (χ0) is 14.8. The van der Waals surface area contributed by atoms with E-state index >= 15 is 0 Å². The Bertz CT molecular complexity index is 592. The van der Waals surface area contributed by atoms with Gasteiger partial charge >= 0.3 is 0 Å². The Morgan fingerprint density at radius 2 is 1.35 bits per heavy atom. The summed E-state index contributed by atoms with van der Waals surface area (Å²) in [7, 11) is 0. The summed E-state index contributed by atoms with van der Waals surface area (Å²) in [6.07, 6.45) is 0. The molecule has 0 aliphatic heterocycles. The van der Waals surface area contributed by atoms with E-state index in [-0.39, 0.29) is 11.6 Å². The summed E-state index contributed by atoms with van der Waals surface area (Å²) in [5.41, 5.74) is 0.253. The first-order valence-corrected chi connectivity index (χ1v) is 6.44. The number of carbonyl (C=O) groups is 1. The molecule has 2 nitrogen and oxygen atoms in total. The fourth-order valence-corrected chi connectivity index (χ4v) is 1.75. The normalized spacial score (nSPS) is 11.2. The molecule has 0 saturated carbocycles. The minimum Gasteiger partial charge on any atom is -0.457 e. The molecule has 2 aromatic carbocycles. The number of rotatable bonds is 3. The van der Waals surface area contributed by atoms with Gasteiger partial charge in [0.1, 0.15) is 17.3 Å². The van der Waals surface area contributed by atoms with E-state index in [0.717, 1.165) is 0 Å². The lowest BCUT2D eigenvalue weighted by atomic mass is 9.86. The maximum absolute atomic E-state index is 12.8. The van der Waals surface area contributed by atoms with Crippen LogP contribution in [0.25, 0.3) is 0 Å². The van der Waals surface area contributed by atoms with Gasteiger partial charge in [-0.05, 0) is 48.5 Å². The summed E-state index contributed by atoms with van der Waals surface area (Å²) in [4.78, 5) is 12.1. The second-order valence-electron chi connectivity index (χ2n) is 5.66. The highest BCUT2D eigenvalue weighted by atomic mass is 19.1. The van der Waals surface area contributed by atoms with Crippen LogP contribution >= 0.6 is 0 Å². The first kappa shape index (κ1) is 14.3. The van der Waals surface area contributed by atoms with Crippen molar-refractivity contribution in [2.45, 2.75) is 20.8 Å². The highest BCUT2D eigenvalue weighted by molar-refractivity contribution is 5.99. The molecule has 0 saturated heterocycles. The average Bonchev–Trinajstić information content (AvgIpc) is 2.40. The van der Waals surface area contributed by atoms with Gasteiger partial charge in [0.2, 0.25) is 0 Å². The third-order valence-corrected chi connectivity index (χ3v) is 2.85. The predicted molar refractivity (Wildman–Crippen MR) is 76.7 cm³/mol. The van der Waals surface area contributed by atoms with Crippen molar-refractivity contribution in [1.29, 1.82) is 0 Å². The van der Waals surface area contributed by atoms with Gasteiger partial charge in [-0.1, -0.05) is 20.8 Å². The maximum atomic E-state index is 12.8. The third kappa shape index (κ3) is 3.44. The zero-order valence-electron chi connectivity index (χ0n) is 11.8. The smallest absolute Gasteiger partial charge is 0.168 e. The molecule has 0 unspecified atom stereocenters. The number of ether oxygens (including phenoxy) is 1. The van der Waals surface area contributed by atoms with E-state index in [1.807, 2.05) is 20.8 Å². The highest BCUT2D eigenvalue weighted by Gasteiger charge is 2.22. The summed E-state index contributed by atoms with van der Waals surface area (Å²) in [5.74, 6) is 0.956. The van der Waals surface area contributed by atoms with Crippen LogP contribution in [0.4, 0.5) is 4.39 Å². The van der Waals surface area contributed by atoms with Crippen LogP contribution in [0.1, 0.15) is 31.1 Å². The molecule has 0 aromatic heterocycles. The molecule has 0 N–H and O–H groups in total. The minimum absolute atomic E-state index is 0.0887. The van der Waals surface area contributed by atoms with Gasteiger partial charge in [-0.2, -0.15) is 0 Å². The van der Waals surface area contributed by atoms with Crippen molar-refractivity contribution in [2.75, 3.05) is 0 Å². The van der Waals surface area contributed by atoms with Crippen LogP contribution in [0.5, 0.6) is 11.5 Å². The van der Waals surface area contributed by atoms with Gasteiger partial charge in [-0.15, -0.1) is 0 Å². The van der Waals surface area contributed by atoms with Gasteiger partial charge in [-0.25, -0.2) is 4.39 Å². The van der Waals surface area contributed by atoms with Gasteiger partial charge < -0.3 is 4.74 Å². The van der Waals surface area contributed by atoms with Gasteiger partial charge in [0.25, 0.3) is 0 Å². The van der Waals surface area contributed by atoms with Crippen LogP contribution in [0, 0.1) is 11.2 Å². The number of hydrogen-bond donors (Lipinski definition) is 0. The van der Waals surface area contributed by atoms with Crippen LogP contribution in [0.15, 0.2) is 48.5 Å². The monoisotopic (exact) mass is 272 g/mol. The second kappa shape index (κ2) is 5.45. The molecule has 0 bridgehead atoms. The molecule has 0 aliphatic rings. The SMILES string of the molecule is CC(C)(C)C(=O)c1ccc(Oc2ccc(F)cc2)cc1. The van der Waals surface area contributed by atoms with Crippen molar-refractivity contribution in [3.8, 4) is 11.5 Å². The molecular weight excluding hydrogens is 255 g/mol. The Labute approximate surface area is 118 Å². The third-order valence-electron chi connectivity index (χ3n) is 2.85. The summed E-state index contributed by atoms with van der Waals surface area (Å²) in [6.45, 7) is 5.66. The molecule has 0 amide bonds. The molecular formula is C17H17FO2. The molecule has 2 rings (SSSR count). The summed E-state index contributed by atoms with van der Waals surface area (Å²) in [6, 6.07) is 12.8. The lowest BCUT2D eigenvalue weighted by Crippen LogP contribution is -2.19. The van der Waals surface area contributed by atoms with Crippen LogP contribution in [-0.2, 0) is 0 Å². The van der Waals surface area contributed by atoms with Gasteiger partial charge in [0.05, 0.1) is 0 Å². The fraction of sp³-hybridized carbons (Fsp3) is 0.235. The van der Waals surface area contributed by atoms with Crippen molar-refractivity contribution in [3.05, 3.63) is 59.9 Å². The first-order chi connectivity index (χ1) is 9.36. The topological polar surface area (TPSA) is 26.3 Å². The van der Waals surface area contributed by atoms with Gasteiger partial charge in [-0.3, -0.25) is 4.79 Å². The Kier molecular flexibility index (Phi) is 3.89. The van der Waals surface area contributed by atoms with Crippen molar-refractivity contribution in [1.82, 2.24) is 0 Å². The van der Waals surface area contributed by atoms with Crippen molar-refractivity contribution >= 4 is 5.78 Å². The molecule has 0 fully saturated rings. The number of halogens is 1. The molecule has 20 heavy (non-hydrogen) atoms. The van der Waals surface area contributed by atoms with Gasteiger partial charge in [0.15, 0.2) is 5.78 Å². The van der Waals surface area contributed by atoms with Crippen LogP contribution in [0.3, 0.4) is 0 Å². The van der Waals surface area contributed by atoms with Crippen molar-refractivity contribution in [3.63, 3.8) is 0 Å². The van der Waals surface area contributed by atoms with E-state index in [1.165, 1.54) is 12.1 Å². The molecule has 3 heteroatoms. The van der Waals surface area contributed by atoms with Crippen molar-refractivity contribution in [2.24, 2.45) is 5.41 Å². The number of carbonyl (C=O) groups excluding carboxylic acids is 1. The Morgan fingerprint density at radius 1 is 0.900 bits per heavy atom. The molecule has 0 aliphatic carbocycles. The Hall–Kier alpha value is -2.16. The molecule has 0 radical (unpaired) electrons. The van der Waals surface area contributed by atoms with Crippen LogP contribution in [0.2, 0.25) is 0 Å². The number of Topliss-reactive ketones (excluding diaryl/α,β-unsaturated/α-hetero) is 1. The Balaban J connectivity index is 2.12. The quantitative estimate of drug-likeness (QED) is 0.747. The first-order valence-electron chi connectivity index (χ1n) is 6.44. The summed E-state index contributed by atoms with van der Waals surface area (Å²) < 4.78 is 18.4. The molecule has 2 aromatic rings. The highest BCUT2D eigenvalue weighted by Crippen LogP contribution is 2.25. The second-order valence-corrected chi connectivity index (χ2v) is 5.66. The maximum Gasteiger partial charge on any atom is 0.168 e. The summed E-state index contributed by atoms with van der Waals surface area (Å²) in [5, 5.41) is 0. The molecule has 0 atom stereocenters. The molecule has 104 valence electrons. The Morgan fingerprint density at radius 3 is 1.80 bits per heavy atom. The van der Waals surface area contributed by atoms with Gasteiger partial charge in [0, 0.05) is 11.0 Å². The van der Waals surface area contributed by atoms with E-state index in [1.54, 1.807) is 36.4 Å². The van der Waals surface area contributed by atoms with Crippen molar-refractivity contribution < 1.29 is 13.9 Å². The van der Waals surface area contributed by atoms with Crippen LogP contribution < -0.4 is 4.74 Å². The van der Waals surface area contributed by atoms with E-state index in [0.29, 0.717) is 17.1 Å². The molecule has 0 spiro atoms. The fourth-order valence-electron chi connectivity index (χ4n) is 1.75. The zero-order valence-corrected chi connectivity index (χ0v) is 11.8. The van der Waals surface area contributed by atoms with E-state index < -0.39 is 5.41 Å². The number of hydrogen-bond acceptors (Lipinski definition) is 2. The van der Waals surface area contributed by atoms with Crippen LogP contribution in [-0.4, -0.2) is 5.78 Å². The summed E-state index contributed by atoms with van der Waals surface area (Å²) >= 11 is 0. The number of benzene rings is 2. The predicted octanol–water partition coefficient (Wildman–Crippen LogP) is 4.85. The lowest BCUT2D eigenvalue weighted by molar-refractivity contribution is 0.0858. The average molecular weight is 272 g/mol. The number of ketones is 1. The lowest BCUT2D eigenvalue weighted by Gasteiger charge is -2.16. The van der Waals surface area contributed by atoms with E-state index in [2.05, 4.69) is 0 Å². The molecule has 0 heterocycles.